The van der Waals surface area contributed by atoms with Gasteiger partial charge in [-0.3, -0.25) is 9.36 Å². The molecule has 0 spiro atoms. The van der Waals surface area contributed by atoms with E-state index in [1.54, 1.807) is 17.8 Å². The summed E-state index contributed by atoms with van der Waals surface area (Å²) in [6, 6.07) is 8.98. The van der Waals surface area contributed by atoms with E-state index in [-0.39, 0.29) is 5.56 Å². The Kier molecular flexibility index (Phi) is 3.99. The third kappa shape index (κ3) is 3.34. The van der Waals surface area contributed by atoms with E-state index in [9.17, 15) is 4.79 Å². The fourth-order valence-electron chi connectivity index (χ4n) is 1.57. The predicted molar refractivity (Wildman–Crippen MR) is 73.2 cm³/mol. The normalized spacial score (nSPS) is 10.3. The Hall–Kier alpha value is -1.81. The van der Waals surface area contributed by atoms with Gasteiger partial charge in [-0.25, -0.2) is 4.98 Å². The lowest BCUT2D eigenvalue weighted by Gasteiger charge is -2.08. The van der Waals surface area contributed by atoms with Crippen molar-refractivity contribution in [1.82, 2.24) is 9.55 Å². The van der Waals surface area contributed by atoms with Crippen LogP contribution in [-0.2, 0) is 6.54 Å². The molecule has 1 heterocycles. The van der Waals surface area contributed by atoms with Crippen molar-refractivity contribution in [3.05, 3.63) is 57.7 Å². The van der Waals surface area contributed by atoms with E-state index >= 15 is 0 Å². The zero-order valence-corrected chi connectivity index (χ0v) is 10.8. The van der Waals surface area contributed by atoms with Crippen LogP contribution in [-0.4, -0.2) is 16.1 Å². The Balaban J connectivity index is 1.92. The number of benzene rings is 1. The van der Waals surface area contributed by atoms with Crippen LogP contribution >= 0.6 is 11.6 Å². The number of aromatic nitrogens is 2. The zero-order chi connectivity index (χ0) is 13.0. The number of hydrogen-bond acceptors (Lipinski definition) is 3. The lowest BCUT2D eigenvalue weighted by Crippen LogP contribution is -2.23. The lowest BCUT2D eigenvalue weighted by molar-refractivity contribution is 0.676. The molecule has 0 saturated heterocycles. The molecular weight excluding hydrogens is 250 g/mol. The molecule has 5 heteroatoms. The predicted octanol–water partition coefficient (Wildman–Crippen LogP) is 2.32. The summed E-state index contributed by atoms with van der Waals surface area (Å²) in [5, 5.41) is 3.92. The molecule has 94 valence electrons. The highest BCUT2D eigenvalue weighted by atomic mass is 35.5. The molecule has 0 atom stereocenters. The molecule has 0 saturated carbocycles. The first kappa shape index (κ1) is 12.6. The van der Waals surface area contributed by atoms with E-state index in [0.29, 0.717) is 18.1 Å². The van der Waals surface area contributed by atoms with Crippen LogP contribution in [0.15, 0.2) is 41.5 Å². The van der Waals surface area contributed by atoms with E-state index in [2.05, 4.69) is 10.3 Å². The number of anilines is 1. The largest absolute Gasteiger partial charge is 0.383 e. The molecule has 18 heavy (non-hydrogen) atoms. The number of hydrogen-bond donors (Lipinski definition) is 1. The monoisotopic (exact) mass is 263 g/mol. The summed E-state index contributed by atoms with van der Waals surface area (Å²) in [5.74, 6) is 0. The first-order valence-electron chi connectivity index (χ1n) is 5.68. The molecule has 0 aliphatic heterocycles. The van der Waals surface area contributed by atoms with Gasteiger partial charge in [0.1, 0.15) is 0 Å². The number of rotatable bonds is 4. The molecule has 0 radical (unpaired) electrons. The minimum atomic E-state index is -0.0274. The molecule has 0 fully saturated rings. The van der Waals surface area contributed by atoms with Gasteiger partial charge < -0.3 is 5.32 Å². The Morgan fingerprint density at radius 1 is 1.33 bits per heavy atom. The fraction of sp³-hybridized carbons (Fsp3) is 0.231. The standard InChI is InChI=1S/C13H14ClN3O/c1-10-8-13(18)17(9-16-10)7-6-15-12-4-2-11(14)3-5-12/h2-5,8-9,15H,6-7H2,1H3. The summed E-state index contributed by atoms with van der Waals surface area (Å²) >= 11 is 5.80. The molecule has 1 N–H and O–H groups in total. The third-order valence-corrected chi connectivity index (χ3v) is 2.79. The Labute approximate surface area is 110 Å². The van der Waals surface area contributed by atoms with Gasteiger partial charge in [0.15, 0.2) is 0 Å². The highest BCUT2D eigenvalue weighted by Crippen LogP contribution is 2.12. The van der Waals surface area contributed by atoms with Crippen molar-refractivity contribution >= 4 is 17.3 Å². The maximum atomic E-state index is 11.6. The quantitative estimate of drug-likeness (QED) is 0.921. The summed E-state index contributed by atoms with van der Waals surface area (Å²) in [6.07, 6.45) is 1.57. The van der Waals surface area contributed by atoms with Gasteiger partial charge in [-0.05, 0) is 31.2 Å². The minimum Gasteiger partial charge on any atom is -0.383 e. The van der Waals surface area contributed by atoms with Crippen molar-refractivity contribution in [2.75, 3.05) is 11.9 Å². The molecule has 0 unspecified atom stereocenters. The van der Waals surface area contributed by atoms with E-state index in [1.165, 1.54) is 6.07 Å². The summed E-state index contributed by atoms with van der Waals surface area (Å²) < 4.78 is 1.58. The molecule has 2 aromatic rings. The van der Waals surface area contributed by atoms with Crippen molar-refractivity contribution in [2.24, 2.45) is 0 Å². The second-order valence-corrected chi connectivity index (χ2v) is 4.43. The van der Waals surface area contributed by atoms with Gasteiger partial charge in [0, 0.05) is 35.6 Å². The van der Waals surface area contributed by atoms with Gasteiger partial charge in [0.2, 0.25) is 0 Å². The molecule has 4 nitrogen and oxygen atoms in total. The highest BCUT2D eigenvalue weighted by Gasteiger charge is 1.97. The van der Waals surface area contributed by atoms with Gasteiger partial charge in [0.25, 0.3) is 5.56 Å². The van der Waals surface area contributed by atoms with Crippen molar-refractivity contribution in [1.29, 1.82) is 0 Å². The van der Waals surface area contributed by atoms with Crippen molar-refractivity contribution < 1.29 is 0 Å². The van der Waals surface area contributed by atoms with Crippen LogP contribution < -0.4 is 10.9 Å². The van der Waals surface area contributed by atoms with Crippen molar-refractivity contribution in [3.63, 3.8) is 0 Å². The number of nitrogens with zero attached hydrogens (tertiary/aromatic N) is 2. The maximum Gasteiger partial charge on any atom is 0.253 e. The summed E-state index contributed by atoms with van der Waals surface area (Å²) in [4.78, 5) is 15.7. The smallest absolute Gasteiger partial charge is 0.253 e. The average Bonchev–Trinajstić information content (AvgIpc) is 2.34. The van der Waals surface area contributed by atoms with Gasteiger partial charge in [0.05, 0.1) is 6.33 Å². The Bertz CT molecular complexity index is 578. The van der Waals surface area contributed by atoms with Crippen molar-refractivity contribution in [3.8, 4) is 0 Å². The number of nitrogens with one attached hydrogen (secondary N) is 1. The molecule has 1 aromatic heterocycles. The summed E-state index contributed by atoms with van der Waals surface area (Å²) in [7, 11) is 0. The minimum absolute atomic E-state index is 0.0274. The fourth-order valence-corrected chi connectivity index (χ4v) is 1.70. The van der Waals surface area contributed by atoms with Crippen LogP contribution in [0.1, 0.15) is 5.69 Å². The van der Waals surface area contributed by atoms with E-state index in [4.69, 9.17) is 11.6 Å². The second-order valence-electron chi connectivity index (χ2n) is 4.00. The Morgan fingerprint density at radius 3 is 2.72 bits per heavy atom. The molecule has 0 aliphatic rings. The van der Waals surface area contributed by atoms with E-state index in [0.717, 1.165) is 11.4 Å². The number of halogens is 1. The van der Waals surface area contributed by atoms with Crippen LogP contribution in [0.2, 0.25) is 5.02 Å². The first-order chi connectivity index (χ1) is 8.65. The van der Waals surface area contributed by atoms with Crippen LogP contribution in [0, 0.1) is 6.92 Å². The van der Waals surface area contributed by atoms with Crippen molar-refractivity contribution in [2.45, 2.75) is 13.5 Å². The number of aryl methyl sites for hydroxylation is 1. The molecule has 0 amide bonds. The topological polar surface area (TPSA) is 46.9 Å². The second kappa shape index (κ2) is 5.69. The average molecular weight is 264 g/mol. The van der Waals surface area contributed by atoms with Gasteiger partial charge in [-0.1, -0.05) is 11.6 Å². The van der Waals surface area contributed by atoms with Crippen LogP contribution in [0.3, 0.4) is 0 Å². The van der Waals surface area contributed by atoms with E-state index < -0.39 is 0 Å². The maximum absolute atomic E-state index is 11.6. The lowest BCUT2D eigenvalue weighted by atomic mass is 10.3. The third-order valence-electron chi connectivity index (χ3n) is 2.54. The zero-order valence-electron chi connectivity index (χ0n) is 10.1. The first-order valence-corrected chi connectivity index (χ1v) is 6.05. The molecule has 0 aliphatic carbocycles. The molecular formula is C13H14ClN3O. The Morgan fingerprint density at radius 2 is 2.06 bits per heavy atom. The van der Waals surface area contributed by atoms with Crippen LogP contribution in [0.5, 0.6) is 0 Å². The van der Waals surface area contributed by atoms with Gasteiger partial charge >= 0.3 is 0 Å². The SMILES string of the molecule is Cc1cc(=O)n(CCNc2ccc(Cl)cc2)cn1. The molecule has 2 rings (SSSR count). The van der Waals surface area contributed by atoms with E-state index in [1.807, 2.05) is 24.3 Å². The summed E-state index contributed by atoms with van der Waals surface area (Å²) in [6.45, 7) is 3.04. The highest BCUT2D eigenvalue weighted by molar-refractivity contribution is 6.30. The molecule has 0 bridgehead atoms. The van der Waals surface area contributed by atoms with Crippen LogP contribution in [0.4, 0.5) is 5.69 Å². The molecule has 1 aromatic carbocycles. The van der Waals surface area contributed by atoms with Gasteiger partial charge in [-0.15, -0.1) is 0 Å². The van der Waals surface area contributed by atoms with Gasteiger partial charge in [-0.2, -0.15) is 0 Å². The summed E-state index contributed by atoms with van der Waals surface area (Å²) in [5.41, 5.74) is 1.69. The van der Waals surface area contributed by atoms with Crippen LogP contribution in [0.25, 0.3) is 0 Å².